The number of alkyl halides is 2. The van der Waals surface area contributed by atoms with Crippen LogP contribution >= 0.6 is 0 Å². The summed E-state index contributed by atoms with van der Waals surface area (Å²) in [6.07, 6.45) is 1.08. The van der Waals surface area contributed by atoms with Crippen LogP contribution < -0.4 is 11.3 Å². The predicted molar refractivity (Wildman–Crippen MR) is 39.1 cm³/mol. The predicted octanol–water partition coefficient (Wildman–Crippen LogP) is 1.27. The summed E-state index contributed by atoms with van der Waals surface area (Å²) in [5.74, 6) is 4.61. The van der Waals surface area contributed by atoms with Crippen LogP contribution in [0.4, 0.5) is 8.78 Å². The fourth-order valence-corrected chi connectivity index (χ4v) is 1.67. The van der Waals surface area contributed by atoms with Gasteiger partial charge in [-0.15, -0.1) is 0 Å². The third-order valence-corrected chi connectivity index (χ3v) is 2.36. The largest absolute Gasteiger partial charge is 0.271 e. The van der Waals surface area contributed by atoms with Gasteiger partial charge in [-0.25, -0.2) is 8.78 Å². The molecule has 0 radical (unpaired) electrons. The van der Waals surface area contributed by atoms with Crippen LogP contribution in [0.1, 0.15) is 25.7 Å². The fourth-order valence-electron chi connectivity index (χ4n) is 1.67. The monoisotopic (exact) mass is 164 g/mol. The molecule has 1 saturated carbocycles. The quantitative estimate of drug-likeness (QED) is 0.476. The standard InChI is InChI=1S/C7H14F2N2/c8-7(9)5-3-1-2-4-6(5)11-10/h5-7,11H,1-4,10H2/t5-,6?/m0/s1. The highest BCUT2D eigenvalue weighted by molar-refractivity contribution is 4.80. The Bertz CT molecular complexity index is 119. The van der Waals surface area contributed by atoms with Gasteiger partial charge in [0.25, 0.3) is 0 Å². The molecule has 3 N–H and O–H groups in total. The summed E-state index contributed by atoms with van der Waals surface area (Å²) in [5, 5.41) is 0. The van der Waals surface area contributed by atoms with Gasteiger partial charge in [-0.1, -0.05) is 12.8 Å². The van der Waals surface area contributed by atoms with Gasteiger partial charge in [-0.2, -0.15) is 0 Å². The Morgan fingerprint density at radius 3 is 2.36 bits per heavy atom. The third-order valence-electron chi connectivity index (χ3n) is 2.36. The molecular weight excluding hydrogens is 150 g/mol. The van der Waals surface area contributed by atoms with Gasteiger partial charge in [-0.05, 0) is 12.8 Å². The van der Waals surface area contributed by atoms with E-state index in [1.165, 1.54) is 0 Å². The first kappa shape index (κ1) is 8.87. The zero-order valence-corrected chi connectivity index (χ0v) is 6.39. The molecule has 0 aromatic carbocycles. The highest BCUT2D eigenvalue weighted by Crippen LogP contribution is 2.28. The molecule has 1 aliphatic carbocycles. The van der Waals surface area contributed by atoms with E-state index in [2.05, 4.69) is 5.43 Å². The molecule has 0 spiro atoms. The van der Waals surface area contributed by atoms with Gasteiger partial charge >= 0.3 is 0 Å². The molecule has 1 rings (SSSR count). The first-order valence-electron chi connectivity index (χ1n) is 4.00. The average Bonchev–Trinajstić information content (AvgIpc) is 2.04. The van der Waals surface area contributed by atoms with Crippen molar-refractivity contribution in [2.45, 2.75) is 38.2 Å². The van der Waals surface area contributed by atoms with Gasteiger partial charge in [0, 0.05) is 12.0 Å². The Kier molecular flexibility index (Phi) is 3.20. The van der Waals surface area contributed by atoms with Crippen LogP contribution in [-0.4, -0.2) is 12.5 Å². The summed E-state index contributed by atoms with van der Waals surface area (Å²) < 4.78 is 24.5. The summed E-state index contributed by atoms with van der Waals surface area (Å²) in [6.45, 7) is 0. The van der Waals surface area contributed by atoms with Gasteiger partial charge < -0.3 is 0 Å². The van der Waals surface area contributed by atoms with E-state index < -0.39 is 12.3 Å². The summed E-state index contributed by atoms with van der Waals surface area (Å²) in [7, 11) is 0. The molecule has 1 fully saturated rings. The van der Waals surface area contributed by atoms with Crippen LogP contribution in [0.3, 0.4) is 0 Å². The lowest BCUT2D eigenvalue weighted by molar-refractivity contribution is 0.0355. The van der Waals surface area contributed by atoms with Crippen molar-refractivity contribution in [3.63, 3.8) is 0 Å². The first-order chi connectivity index (χ1) is 5.25. The number of rotatable bonds is 2. The average molecular weight is 164 g/mol. The van der Waals surface area contributed by atoms with E-state index in [1.807, 2.05) is 0 Å². The zero-order chi connectivity index (χ0) is 8.27. The van der Waals surface area contributed by atoms with Crippen LogP contribution in [0.15, 0.2) is 0 Å². The van der Waals surface area contributed by atoms with E-state index >= 15 is 0 Å². The molecule has 2 nitrogen and oxygen atoms in total. The van der Waals surface area contributed by atoms with E-state index in [1.54, 1.807) is 0 Å². The second-order valence-corrected chi connectivity index (χ2v) is 3.06. The maximum Gasteiger partial charge on any atom is 0.242 e. The Morgan fingerprint density at radius 2 is 1.91 bits per heavy atom. The maximum atomic E-state index is 12.3. The molecule has 2 atom stereocenters. The highest BCUT2D eigenvalue weighted by Gasteiger charge is 2.30. The van der Waals surface area contributed by atoms with Crippen molar-refractivity contribution in [3.05, 3.63) is 0 Å². The lowest BCUT2D eigenvalue weighted by Gasteiger charge is -2.29. The van der Waals surface area contributed by atoms with Gasteiger partial charge in [0.1, 0.15) is 0 Å². The molecule has 0 bridgehead atoms. The van der Waals surface area contributed by atoms with Crippen molar-refractivity contribution in [1.29, 1.82) is 0 Å². The Labute approximate surface area is 65.1 Å². The van der Waals surface area contributed by atoms with Crippen molar-refractivity contribution in [2.24, 2.45) is 11.8 Å². The Hall–Kier alpha value is -0.220. The molecule has 0 aromatic rings. The highest BCUT2D eigenvalue weighted by atomic mass is 19.3. The molecule has 1 aliphatic rings. The van der Waals surface area contributed by atoms with E-state index in [9.17, 15) is 8.78 Å². The molecule has 4 heteroatoms. The van der Waals surface area contributed by atoms with Crippen molar-refractivity contribution >= 4 is 0 Å². The van der Waals surface area contributed by atoms with E-state index in [4.69, 9.17) is 5.84 Å². The van der Waals surface area contributed by atoms with Crippen LogP contribution in [0.5, 0.6) is 0 Å². The number of nitrogens with one attached hydrogen (secondary N) is 1. The van der Waals surface area contributed by atoms with Crippen LogP contribution in [0.2, 0.25) is 0 Å². The minimum atomic E-state index is -2.23. The normalized spacial score (nSPS) is 32.7. The van der Waals surface area contributed by atoms with Gasteiger partial charge in [0.2, 0.25) is 6.43 Å². The Morgan fingerprint density at radius 1 is 1.27 bits per heavy atom. The number of hydrazine groups is 1. The zero-order valence-electron chi connectivity index (χ0n) is 6.39. The SMILES string of the molecule is NNC1CCCC[C@@H]1C(F)F. The lowest BCUT2D eigenvalue weighted by atomic mass is 9.85. The fraction of sp³-hybridized carbons (Fsp3) is 1.00. The molecule has 0 amide bonds. The first-order valence-corrected chi connectivity index (χ1v) is 4.00. The Balaban J connectivity index is 2.44. The molecular formula is C7H14F2N2. The number of nitrogens with two attached hydrogens (primary N) is 1. The topological polar surface area (TPSA) is 38.0 Å². The van der Waals surface area contributed by atoms with E-state index in [-0.39, 0.29) is 6.04 Å². The van der Waals surface area contributed by atoms with E-state index in [0.717, 1.165) is 19.3 Å². The molecule has 0 aromatic heterocycles. The summed E-state index contributed by atoms with van der Waals surface area (Å²) in [5.41, 5.74) is 2.46. The summed E-state index contributed by atoms with van der Waals surface area (Å²) in [6, 6.07) is -0.177. The van der Waals surface area contributed by atoms with Gasteiger partial charge in [0.05, 0.1) is 0 Å². The van der Waals surface area contributed by atoms with Crippen LogP contribution in [0, 0.1) is 5.92 Å². The second kappa shape index (κ2) is 3.97. The van der Waals surface area contributed by atoms with Crippen molar-refractivity contribution in [3.8, 4) is 0 Å². The van der Waals surface area contributed by atoms with Crippen LogP contribution in [-0.2, 0) is 0 Å². The molecule has 0 saturated heterocycles. The van der Waals surface area contributed by atoms with Crippen molar-refractivity contribution in [1.82, 2.24) is 5.43 Å². The summed E-state index contributed by atoms with van der Waals surface area (Å²) >= 11 is 0. The minimum Gasteiger partial charge on any atom is -0.271 e. The van der Waals surface area contributed by atoms with Gasteiger partial charge in [0.15, 0.2) is 0 Å². The van der Waals surface area contributed by atoms with E-state index in [0.29, 0.717) is 6.42 Å². The molecule has 0 aliphatic heterocycles. The van der Waals surface area contributed by atoms with Crippen LogP contribution in [0.25, 0.3) is 0 Å². The number of halogens is 2. The molecule has 66 valence electrons. The maximum absolute atomic E-state index is 12.3. The third kappa shape index (κ3) is 2.10. The molecule has 0 heterocycles. The van der Waals surface area contributed by atoms with Gasteiger partial charge in [-0.3, -0.25) is 11.3 Å². The smallest absolute Gasteiger partial charge is 0.242 e. The molecule has 1 unspecified atom stereocenters. The number of hydrogen-bond donors (Lipinski definition) is 2. The summed E-state index contributed by atoms with van der Waals surface area (Å²) in [4.78, 5) is 0. The minimum absolute atomic E-state index is 0.177. The van der Waals surface area contributed by atoms with Crippen molar-refractivity contribution < 1.29 is 8.78 Å². The lowest BCUT2D eigenvalue weighted by Crippen LogP contribution is -2.45. The molecule has 11 heavy (non-hydrogen) atoms. The second-order valence-electron chi connectivity index (χ2n) is 3.06. The van der Waals surface area contributed by atoms with Crippen molar-refractivity contribution in [2.75, 3.05) is 0 Å². The number of hydrogen-bond acceptors (Lipinski definition) is 2.